The number of hydrogen-bond acceptors (Lipinski definition) is 3. The van der Waals surface area contributed by atoms with Gasteiger partial charge in [-0.2, -0.15) is 0 Å². The van der Waals surface area contributed by atoms with Crippen molar-refractivity contribution in [3.8, 4) is 0 Å². The Morgan fingerprint density at radius 3 is 2.75 bits per heavy atom. The van der Waals surface area contributed by atoms with E-state index in [0.29, 0.717) is 11.6 Å². The molecule has 2 aromatic heterocycles. The first-order valence-corrected chi connectivity index (χ1v) is 5.06. The molecule has 0 aliphatic carbocycles. The summed E-state index contributed by atoms with van der Waals surface area (Å²) in [5, 5.41) is 8.84. The van der Waals surface area contributed by atoms with Gasteiger partial charge in [0.25, 0.3) is 0 Å². The van der Waals surface area contributed by atoms with E-state index in [0.717, 1.165) is 11.2 Å². The number of carboxylic acid groups (broad SMARTS) is 1. The average Bonchev–Trinajstić information content (AvgIpc) is 2.56. The molecule has 0 saturated carbocycles. The van der Waals surface area contributed by atoms with Gasteiger partial charge in [-0.1, -0.05) is 13.8 Å². The summed E-state index contributed by atoms with van der Waals surface area (Å²) >= 11 is 0. The number of rotatable bonds is 2. The highest BCUT2D eigenvalue weighted by Gasteiger charge is 2.13. The van der Waals surface area contributed by atoms with Crippen molar-refractivity contribution in [2.75, 3.05) is 0 Å². The van der Waals surface area contributed by atoms with Gasteiger partial charge in [0.2, 0.25) is 0 Å². The van der Waals surface area contributed by atoms with Crippen molar-refractivity contribution in [1.82, 2.24) is 14.5 Å². The second kappa shape index (κ2) is 3.59. The maximum Gasteiger partial charge on any atom is 0.356 e. The third-order valence-corrected chi connectivity index (χ3v) is 2.58. The third kappa shape index (κ3) is 1.54. The maximum absolute atomic E-state index is 10.8. The second-order valence-electron chi connectivity index (χ2n) is 4.05. The standard InChI is InChI=1S/C11H13N3O2/c1-6(2)9-4-7-10(14(9)3)13-8(5-12-7)11(15)16/h4-6H,1-3H3,(H,15,16). The molecular weight excluding hydrogens is 206 g/mol. The normalized spacial score (nSPS) is 11.2. The molecule has 5 nitrogen and oxygen atoms in total. The van der Waals surface area contributed by atoms with Crippen molar-refractivity contribution in [2.45, 2.75) is 19.8 Å². The lowest BCUT2D eigenvalue weighted by atomic mass is 10.1. The summed E-state index contributed by atoms with van der Waals surface area (Å²) in [7, 11) is 1.87. The van der Waals surface area contributed by atoms with E-state index in [-0.39, 0.29) is 5.69 Å². The van der Waals surface area contributed by atoms with E-state index in [1.807, 2.05) is 17.7 Å². The molecule has 0 saturated heterocycles. The molecule has 0 amide bonds. The van der Waals surface area contributed by atoms with Crippen molar-refractivity contribution < 1.29 is 9.90 Å². The van der Waals surface area contributed by atoms with Gasteiger partial charge in [0.15, 0.2) is 11.3 Å². The first-order chi connectivity index (χ1) is 7.50. The van der Waals surface area contributed by atoms with Crippen LogP contribution in [0.2, 0.25) is 0 Å². The summed E-state index contributed by atoms with van der Waals surface area (Å²) in [5.41, 5.74) is 2.42. The lowest BCUT2D eigenvalue weighted by molar-refractivity contribution is 0.0690. The van der Waals surface area contributed by atoms with Gasteiger partial charge < -0.3 is 9.67 Å². The Morgan fingerprint density at radius 2 is 2.19 bits per heavy atom. The van der Waals surface area contributed by atoms with Gasteiger partial charge in [-0.05, 0) is 12.0 Å². The molecule has 0 aliphatic rings. The summed E-state index contributed by atoms with van der Waals surface area (Å²) < 4.78 is 1.89. The largest absolute Gasteiger partial charge is 0.476 e. The molecular formula is C11H13N3O2. The number of carbonyl (C=O) groups is 1. The molecule has 1 N–H and O–H groups in total. The minimum absolute atomic E-state index is 0.0241. The van der Waals surface area contributed by atoms with Crippen molar-refractivity contribution in [3.63, 3.8) is 0 Å². The predicted octanol–water partition coefficient (Wildman–Crippen LogP) is 1.79. The number of fused-ring (bicyclic) bond motifs is 1. The van der Waals surface area contributed by atoms with Gasteiger partial charge >= 0.3 is 5.97 Å². The minimum atomic E-state index is -1.05. The minimum Gasteiger partial charge on any atom is -0.476 e. The fourth-order valence-electron chi connectivity index (χ4n) is 1.75. The van der Waals surface area contributed by atoms with Crippen LogP contribution in [0.25, 0.3) is 11.2 Å². The quantitative estimate of drug-likeness (QED) is 0.836. The fraction of sp³-hybridized carbons (Fsp3) is 0.364. The van der Waals surface area contributed by atoms with Crippen LogP contribution in [0.3, 0.4) is 0 Å². The van der Waals surface area contributed by atoms with Crippen LogP contribution in [-0.4, -0.2) is 25.6 Å². The van der Waals surface area contributed by atoms with Crippen molar-refractivity contribution in [2.24, 2.45) is 7.05 Å². The van der Waals surface area contributed by atoms with Crippen molar-refractivity contribution in [1.29, 1.82) is 0 Å². The van der Waals surface area contributed by atoms with Gasteiger partial charge in [-0.3, -0.25) is 4.98 Å². The summed E-state index contributed by atoms with van der Waals surface area (Å²) in [4.78, 5) is 19.0. The molecule has 5 heteroatoms. The highest BCUT2D eigenvalue weighted by molar-refractivity contribution is 5.87. The summed E-state index contributed by atoms with van der Waals surface area (Å²) in [6.45, 7) is 4.15. The van der Waals surface area contributed by atoms with E-state index in [4.69, 9.17) is 5.11 Å². The van der Waals surface area contributed by atoms with E-state index in [9.17, 15) is 4.79 Å². The Morgan fingerprint density at radius 1 is 1.50 bits per heavy atom. The summed E-state index contributed by atoms with van der Waals surface area (Å²) in [5.74, 6) is -0.698. The van der Waals surface area contributed by atoms with Crippen LogP contribution in [0, 0.1) is 0 Å². The number of aryl methyl sites for hydroxylation is 1. The molecule has 2 heterocycles. The summed E-state index contributed by atoms with van der Waals surface area (Å²) in [6, 6.07) is 1.94. The number of carboxylic acids is 1. The SMILES string of the molecule is CC(C)c1cc2ncc(C(=O)O)nc2n1C. The number of aromatic carboxylic acids is 1. The van der Waals surface area contributed by atoms with E-state index in [1.54, 1.807) is 0 Å². The van der Waals surface area contributed by atoms with Crippen LogP contribution in [0.4, 0.5) is 0 Å². The third-order valence-electron chi connectivity index (χ3n) is 2.58. The number of nitrogens with zero attached hydrogens (tertiary/aromatic N) is 3. The molecule has 84 valence electrons. The lowest BCUT2D eigenvalue weighted by Crippen LogP contribution is -2.04. The zero-order valence-electron chi connectivity index (χ0n) is 9.43. The van der Waals surface area contributed by atoms with Crippen molar-refractivity contribution in [3.05, 3.63) is 23.7 Å². The molecule has 0 radical (unpaired) electrons. The van der Waals surface area contributed by atoms with Gasteiger partial charge in [0.05, 0.1) is 6.20 Å². The molecule has 0 fully saturated rings. The molecule has 2 rings (SSSR count). The molecule has 0 atom stereocenters. The second-order valence-corrected chi connectivity index (χ2v) is 4.05. The molecule has 2 aromatic rings. The smallest absolute Gasteiger partial charge is 0.356 e. The zero-order chi connectivity index (χ0) is 11.9. The molecule has 0 aliphatic heterocycles. The first-order valence-electron chi connectivity index (χ1n) is 5.06. The summed E-state index contributed by atoms with van der Waals surface area (Å²) in [6.07, 6.45) is 1.29. The van der Waals surface area contributed by atoms with Crippen molar-refractivity contribution >= 4 is 17.1 Å². The highest BCUT2D eigenvalue weighted by atomic mass is 16.4. The highest BCUT2D eigenvalue weighted by Crippen LogP contribution is 2.21. The lowest BCUT2D eigenvalue weighted by Gasteiger charge is -2.05. The Balaban J connectivity index is 2.69. The Hall–Kier alpha value is -1.91. The van der Waals surface area contributed by atoms with Gasteiger partial charge in [0.1, 0.15) is 5.52 Å². The van der Waals surface area contributed by atoms with Gasteiger partial charge in [-0.15, -0.1) is 0 Å². The fourth-order valence-corrected chi connectivity index (χ4v) is 1.75. The van der Waals surface area contributed by atoms with Crippen LogP contribution < -0.4 is 0 Å². The molecule has 0 bridgehead atoms. The average molecular weight is 219 g/mol. The van der Waals surface area contributed by atoms with Crippen LogP contribution in [0.1, 0.15) is 35.9 Å². The Bertz CT molecular complexity index is 558. The van der Waals surface area contributed by atoms with E-state index >= 15 is 0 Å². The molecule has 16 heavy (non-hydrogen) atoms. The monoisotopic (exact) mass is 219 g/mol. The molecule has 0 unspecified atom stereocenters. The predicted molar refractivity (Wildman–Crippen MR) is 59.6 cm³/mol. The Labute approximate surface area is 92.8 Å². The molecule has 0 aromatic carbocycles. The van der Waals surface area contributed by atoms with E-state index in [1.165, 1.54) is 6.20 Å². The van der Waals surface area contributed by atoms with Crippen LogP contribution in [-0.2, 0) is 7.05 Å². The topological polar surface area (TPSA) is 68.0 Å². The number of hydrogen-bond donors (Lipinski definition) is 1. The van der Waals surface area contributed by atoms with E-state index in [2.05, 4.69) is 23.8 Å². The maximum atomic E-state index is 10.8. The van der Waals surface area contributed by atoms with Crippen LogP contribution in [0.15, 0.2) is 12.3 Å². The molecule has 0 spiro atoms. The van der Waals surface area contributed by atoms with Crippen LogP contribution >= 0.6 is 0 Å². The van der Waals surface area contributed by atoms with E-state index < -0.39 is 5.97 Å². The van der Waals surface area contributed by atoms with Gasteiger partial charge in [0, 0.05) is 12.7 Å². The van der Waals surface area contributed by atoms with Gasteiger partial charge in [-0.25, -0.2) is 9.78 Å². The first kappa shape index (κ1) is 10.6. The number of aromatic nitrogens is 3. The van der Waals surface area contributed by atoms with Crippen LogP contribution in [0.5, 0.6) is 0 Å². The Kier molecular flexibility index (Phi) is 2.38. The zero-order valence-corrected chi connectivity index (χ0v) is 9.43.